The van der Waals surface area contributed by atoms with Crippen LogP contribution in [0.3, 0.4) is 0 Å². The molecule has 2 saturated heterocycles. The SMILES string of the molecule is O=C1CN(CCCOc2ccc(CN3CCC[C@@](O)(COc4ccccc4)C3)cc2)C(=O)N1. The summed E-state index contributed by atoms with van der Waals surface area (Å²) < 4.78 is 11.6. The first-order valence-electron chi connectivity index (χ1n) is 11.4. The Bertz CT molecular complexity index is 937. The van der Waals surface area contributed by atoms with Crippen molar-refractivity contribution in [1.82, 2.24) is 15.1 Å². The lowest BCUT2D eigenvalue weighted by Gasteiger charge is -2.39. The number of nitrogens with one attached hydrogen (secondary N) is 1. The number of para-hydroxylation sites is 1. The third-order valence-corrected chi connectivity index (χ3v) is 5.92. The fourth-order valence-electron chi connectivity index (χ4n) is 4.25. The van der Waals surface area contributed by atoms with Crippen molar-refractivity contribution in [3.8, 4) is 11.5 Å². The minimum absolute atomic E-state index is 0.123. The molecule has 0 spiro atoms. The molecule has 8 nitrogen and oxygen atoms in total. The fourth-order valence-corrected chi connectivity index (χ4v) is 4.25. The topological polar surface area (TPSA) is 91.3 Å². The summed E-state index contributed by atoms with van der Waals surface area (Å²) >= 11 is 0. The molecule has 2 aliphatic rings. The average Bonchev–Trinajstić information content (AvgIpc) is 3.14. The number of ether oxygens (including phenoxy) is 2. The van der Waals surface area contributed by atoms with Gasteiger partial charge in [-0.15, -0.1) is 0 Å². The zero-order valence-electron chi connectivity index (χ0n) is 18.7. The average molecular weight is 454 g/mol. The van der Waals surface area contributed by atoms with E-state index in [0.29, 0.717) is 26.1 Å². The van der Waals surface area contributed by atoms with E-state index in [1.54, 1.807) is 0 Å². The fraction of sp³-hybridized carbons (Fsp3) is 0.440. The van der Waals surface area contributed by atoms with Crippen LogP contribution in [0.5, 0.6) is 11.5 Å². The highest BCUT2D eigenvalue weighted by molar-refractivity contribution is 6.01. The molecular weight excluding hydrogens is 422 g/mol. The maximum Gasteiger partial charge on any atom is 0.324 e. The highest BCUT2D eigenvalue weighted by atomic mass is 16.5. The Labute approximate surface area is 194 Å². The van der Waals surface area contributed by atoms with Crippen LogP contribution in [-0.2, 0) is 11.3 Å². The van der Waals surface area contributed by atoms with Crippen molar-refractivity contribution in [2.75, 3.05) is 39.4 Å². The van der Waals surface area contributed by atoms with Crippen LogP contribution in [-0.4, -0.2) is 71.8 Å². The standard InChI is InChI=1S/C25H31N3O5/c29-23-17-28(24(30)26-23)14-5-15-32-22-10-8-20(9-11-22)16-27-13-4-12-25(31,18-27)19-33-21-6-2-1-3-7-21/h1-3,6-11,31H,4-5,12-19H2,(H,26,29,30)/t25-/m0/s1. The quantitative estimate of drug-likeness (QED) is 0.424. The number of urea groups is 1. The van der Waals surface area contributed by atoms with Crippen LogP contribution in [0.25, 0.3) is 0 Å². The third kappa shape index (κ3) is 6.69. The molecule has 176 valence electrons. The van der Waals surface area contributed by atoms with E-state index in [2.05, 4.69) is 10.2 Å². The molecule has 3 amide bonds. The molecule has 33 heavy (non-hydrogen) atoms. The highest BCUT2D eigenvalue weighted by Crippen LogP contribution is 2.24. The first kappa shape index (κ1) is 23.1. The van der Waals surface area contributed by atoms with Gasteiger partial charge in [-0.3, -0.25) is 15.0 Å². The van der Waals surface area contributed by atoms with Crippen molar-refractivity contribution in [3.63, 3.8) is 0 Å². The Morgan fingerprint density at radius 3 is 2.48 bits per heavy atom. The van der Waals surface area contributed by atoms with Crippen molar-refractivity contribution in [1.29, 1.82) is 0 Å². The molecule has 1 atom stereocenters. The van der Waals surface area contributed by atoms with Gasteiger partial charge in [-0.2, -0.15) is 0 Å². The van der Waals surface area contributed by atoms with Crippen LogP contribution in [0.1, 0.15) is 24.8 Å². The molecule has 8 heteroatoms. The third-order valence-electron chi connectivity index (χ3n) is 5.92. The van der Waals surface area contributed by atoms with Crippen molar-refractivity contribution in [3.05, 3.63) is 60.2 Å². The number of nitrogens with zero attached hydrogens (tertiary/aromatic N) is 2. The van der Waals surface area contributed by atoms with Crippen LogP contribution in [0.4, 0.5) is 4.79 Å². The number of β-amino-alcohol motifs (C(OH)–C–C–N with tert-alkyl or cyclic N) is 1. The van der Waals surface area contributed by atoms with Crippen LogP contribution < -0.4 is 14.8 Å². The lowest BCUT2D eigenvalue weighted by Crippen LogP contribution is -2.51. The summed E-state index contributed by atoms with van der Waals surface area (Å²) in [6.07, 6.45) is 2.31. The van der Waals surface area contributed by atoms with Gasteiger partial charge in [-0.1, -0.05) is 30.3 Å². The van der Waals surface area contributed by atoms with Crippen molar-refractivity contribution >= 4 is 11.9 Å². The minimum atomic E-state index is -0.853. The zero-order valence-corrected chi connectivity index (χ0v) is 18.7. The van der Waals surface area contributed by atoms with Gasteiger partial charge < -0.3 is 19.5 Å². The van der Waals surface area contributed by atoms with E-state index in [1.807, 2.05) is 54.6 Å². The number of likely N-dealkylation sites (tertiary alicyclic amines) is 1. The Morgan fingerprint density at radius 2 is 1.76 bits per heavy atom. The molecule has 0 unspecified atom stereocenters. The van der Waals surface area contributed by atoms with E-state index < -0.39 is 5.60 Å². The number of hydrogen-bond donors (Lipinski definition) is 2. The number of hydrogen-bond acceptors (Lipinski definition) is 6. The number of benzene rings is 2. The zero-order chi connectivity index (χ0) is 23.1. The first-order chi connectivity index (χ1) is 16.0. The summed E-state index contributed by atoms with van der Waals surface area (Å²) in [5.41, 5.74) is 0.302. The second-order valence-electron chi connectivity index (χ2n) is 8.76. The minimum Gasteiger partial charge on any atom is -0.494 e. The maximum absolute atomic E-state index is 11.5. The smallest absolute Gasteiger partial charge is 0.324 e. The molecule has 2 aromatic rings. The summed E-state index contributed by atoms with van der Waals surface area (Å²) in [5.74, 6) is 1.29. The molecule has 2 heterocycles. The Morgan fingerprint density at radius 1 is 1.00 bits per heavy atom. The molecule has 2 fully saturated rings. The number of amides is 3. The number of piperidine rings is 1. The Kier molecular flexibility index (Phi) is 7.47. The summed E-state index contributed by atoms with van der Waals surface area (Å²) in [5, 5.41) is 13.3. The van der Waals surface area contributed by atoms with Gasteiger partial charge in [0, 0.05) is 19.6 Å². The van der Waals surface area contributed by atoms with Crippen molar-refractivity contribution < 1.29 is 24.2 Å². The molecule has 0 aliphatic carbocycles. The highest BCUT2D eigenvalue weighted by Gasteiger charge is 2.34. The molecule has 0 saturated carbocycles. The number of aliphatic hydroxyl groups is 1. The number of carbonyl (C=O) groups is 2. The van der Waals surface area contributed by atoms with Gasteiger partial charge >= 0.3 is 6.03 Å². The molecular formula is C25H31N3O5. The second-order valence-corrected chi connectivity index (χ2v) is 8.76. The molecule has 2 aliphatic heterocycles. The second kappa shape index (κ2) is 10.7. The van der Waals surface area contributed by atoms with Gasteiger partial charge in [0.05, 0.1) is 6.61 Å². The van der Waals surface area contributed by atoms with Crippen molar-refractivity contribution in [2.45, 2.75) is 31.4 Å². The summed E-state index contributed by atoms with van der Waals surface area (Å²) in [6.45, 7) is 3.64. The molecule has 2 N–H and O–H groups in total. The van der Waals surface area contributed by atoms with Gasteiger partial charge in [-0.25, -0.2) is 4.79 Å². The molecule has 0 bridgehead atoms. The normalized spacial score (nSPS) is 21.2. The summed E-state index contributed by atoms with van der Waals surface area (Å²) in [7, 11) is 0. The van der Waals surface area contributed by atoms with Gasteiger partial charge in [0.1, 0.15) is 30.3 Å². The number of imide groups is 1. The van der Waals surface area contributed by atoms with Gasteiger partial charge in [0.15, 0.2) is 0 Å². The van der Waals surface area contributed by atoms with Crippen LogP contribution in [0.2, 0.25) is 0 Å². The van der Waals surface area contributed by atoms with Gasteiger partial charge in [-0.05, 0) is 55.6 Å². The predicted molar refractivity (Wildman–Crippen MR) is 123 cm³/mol. The summed E-state index contributed by atoms with van der Waals surface area (Å²) in [6, 6.07) is 17.2. The maximum atomic E-state index is 11.5. The van der Waals surface area contributed by atoms with E-state index >= 15 is 0 Å². The molecule has 4 rings (SSSR count). The predicted octanol–water partition coefficient (Wildman–Crippen LogP) is 2.41. The molecule has 2 aromatic carbocycles. The largest absolute Gasteiger partial charge is 0.494 e. The van der Waals surface area contributed by atoms with E-state index in [-0.39, 0.29) is 25.1 Å². The lowest BCUT2D eigenvalue weighted by molar-refractivity contribution is -0.118. The van der Waals surface area contributed by atoms with Crippen LogP contribution in [0, 0.1) is 0 Å². The van der Waals surface area contributed by atoms with Gasteiger partial charge in [0.2, 0.25) is 5.91 Å². The van der Waals surface area contributed by atoms with Crippen LogP contribution >= 0.6 is 0 Å². The van der Waals surface area contributed by atoms with Crippen molar-refractivity contribution in [2.24, 2.45) is 0 Å². The van der Waals surface area contributed by atoms with E-state index in [0.717, 1.165) is 43.0 Å². The van der Waals surface area contributed by atoms with E-state index in [4.69, 9.17) is 9.47 Å². The Balaban J connectivity index is 1.19. The number of rotatable bonds is 10. The molecule has 0 aromatic heterocycles. The lowest BCUT2D eigenvalue weighted by atomic mass is 9.93. The number of carbonyl (C=O) groups excluding carboxylic acids is 2. The van der Waals surface area contributed by atoms with E-state index in [9.17, 15) is 14.7 Å². The van der Waals surface area contributed by atoms with Crippen LogP contribution in [0.15, 0.2) is 54.6 Å². The summed E-state index contributed by atoms with van der Waals surface area (Å²) in [4.78, 5) is 26.5. The Hall–Kier alpha value is -3.10. The van der Waals surface area contributed by atoms with E-state index in [1.165, 1.54) is 4.90 Å². The monoisotopic (exact) mass is 453 g/mol. The van der Waals surface area contributed by atoms with Gasteiger partial charge in [0.25, 0.3) is 0 Å². The molecule has 0 radical (unpaired) electrons. The first-order valence-corrected chi connectivity index (χ1v) is 11.4.